The van der Waals surface area contributed by atoms with Crippen molar-refractivity contribution in [1.82, 2.24) is 4.98 Å². The molecule has 0 unspecified atom stereocenters. The van der Waals surface area contributed by atoms with E-state index in [2.05, 4.69) is 9.98 Å². The Bertz CT molecular complexity index is 1150. The fraction of sp³-hybridized carbons (Fsp3) is 0.100. The summed E-state index contributed by atoms with van der Waals surface area (Å²) in [5.74, 6) is 0.136. The van der Waals surface area contributed by atoms with Crippen LogP contribution in [0.4, 0.5) is 0 Å². The number of fused-ring (bicyclic) bond motifs is 1. The molecule has 4 rings (SSSR count). The van der Waals surface area contributed by atoms with Crippen molar-refractivity contribution in [2.24, 2.45) is 4.99 Å². The molecule has 8 heteroatoms. The van der Waals surface area contributed by atoms with Gasteiger partial charge in [0.05, 0.1) is 57.9 Å². The Kier molecular flexibility index (Phi) is 4.53. The van der Waals surface area contributed by atoms with Crippen molar-refractivity contribution >= 4 is 34.8 Å². The minimum atomic E-state index is -0.527. The topological polar surface area (TPSA) is 83.9 Å². The molecule has 1 aliphatic rings. The number of carbonyl (C=O) groups excluding carboxylic acids is 1. The van der Waals surface area contributed by atoms with Gasteiger partial charge < -0.3 is 19.6 Å². The SMILES string of the molecule is COc1cccc(Cl)c1C1=NC(=O)c2c(-c3c(Cl)cccc3OC)[nH]c(O)c21. The average Bonchev–Trinajstić information content (AvgIpc) is 3.19. The third kappa shape index (κ3) is 2.65. The third-order valence-corrected chi connectivity index (χ3v) is 5.15. The predicted octanol–water partition coefficient (Wildman–Crippen LogP) is 4.70. The molecule has 0 atom stereocenters. The number of halogens is 2. The lowest BCUT2D eigenvalue weighted by atomic mass is 9.99. The zero-order valence-corrected chi connectivity index (χ0v) is 16.4. The van der Waals surface area contributed by atoms with Crippen molar-refractivity contribution < 1.29 is 19.4 Å². The number of aromatic amines is 1. The summed E-state index contributed by atoms with van der Waals surface area (Å²) < 4.78 is 10.7. The van der Waals surface area contributed by atoms with Gasteiger partial charge >= 0.3 is 0 Å². The molecule has 0 aliphatic carbocycles. The second kappa shape index (κ2) is 6.89. The van der Waals surface area contributed by atoms with Gasteiger partial charge in [0.15, 0.2) is 5.88 Å². The highest BCUT2D eigenvalue weighted by molar-refractivity contribution is 6.40. The molecule has 2 heterocycles. The van der Waals surface area contributed by atoms with Crippen LogP contribution < -0.4 is 9.47 Å². The molecule has 1 amide bonds. The van der Waals surface area contributed by atoms with E-state index < -0.39 is 5.91 Å². The summed E-state index contributed by atoms with van der Waals surface area (Å²) in [6.45, 7) is 0. The van der Waals surface area contributed by atoms with E-state index in [1.54, 1.807) is 36.4 Å². The minimum Gasteiger partial charge on any atom is -0.496 e. The van der Waals surface area contributed by atoms with Crippen molar-refractivity contribution in [3.8, 4) is 28.6 Å². The smallest absolute Gasteiger partial charge is 0.280 e. The molecule has 0 radical (unpaired) electrons. The van der Waals surface area contributed by atoms with E-state index in [1.165, 1.54) is 14.2 Å². The summed E-state index contributed by atoms with van der Waals surface area (Å²) in [5, 5.41) is 11.3. The molecule has 142 valence electrons. The third-order valence-electron chi connectivity index (χ3n) is 4.52. The number of rotatable bonds is 4. The van der Waals surface area contributed by atoms with Gasteiger partial charge in [-0.1, -0.05) is 35.3 Å². The Hall–Kier alpha value is -2.96. The van der Waals surface area contributed by atoms with Gasteiger partial charge in [-0.3, -0.25) is 4.79 Å². The maximum atomic E-state index is 12.8. The summed E-state index contributed by atoms with van der Waals surface area (Å²) in [5.41, 5.74) is 1.87. The number of H-pyrrole nitrogens is 1. The number of hydrogen-bond acceptors (Lipinski definition) is 4. The lowest BCUT2D eigenvalue weighted by Gasteiger charge is -2.10. The number of benzene rings is 2. The van der Waals surface area contributed by atoms with E-state index >= 15 is 0 Å². The van der Waals surface area contributed by atoms with Crippen LogP contribution in [-0.2, 0) is 0 Å². The fourth-order valence-corrected chi connectivity index (χ4v) is 3.85. The molecule has 0 saturated heterocycles. The first-order valence-electron chi connectivity index (χ1n) is 8.22. The van der Waals surface area contributed by atoms with Crippen LogP contribution in [0.15, 0.2) is 41.4 Å². The predicted molar refractivity (Wildman–Crippen MR) is 107 cm³/mol. The fourth-order valence-electron chi connectivity index (χ4n) is 3.33. The highest BCUT2D eigenvalue weighted by Gasteiger charge is 2.36. The normalized spacial score (nSPS) is 12.7. The van der Waals surface area contributed by atoms with Crippen LogP contribution in [0.3, 0.4) is 0 Å². The molecular formula is C20H14Cl2N2O4. The van der Waals surface area contributed by atoms with E-state index in [1.807, 2.05) is 0 Å². The van der Waals surface area contributed by atoms with Crippen LogP contribution in [-0.4, -0.2) is 35.9 Å². The Morgan fingerprint density at radius 1 is 0.893 bits per heavy atom. The van der Waals surface area contributed by atoms with Crippen LogP contribution in [0.2, 0.25) is 10.0 Å². The van der Waals surface area contributed by atoms with Gasteiger partial charge in [0, 0.05) is 0 Å². The standard InChI is InChI=1S/C20H14Cl2N2O4/c1-27-11-7-3-5-9(21)13(11)17-15-16(20(26)23-17)18(24-19(15)25)14-10(22)6-4-8-12(14)28-2/h3-8,23,26H,1-2H3. The van der Waals surface area contributed by atoms with Crippen molar-refractivity contribution in [3.63, 3.8) is 0 Å². The minimum absolute atomic E-state index is 0.195. The van der Waals surface area contributed by atoms with Crippen LogP contribution in [0, 0.1) is 0 Å². The molecule has 1 aliphatic heterocycles. The number of aliphatic imine (C=N–C) groups is 1. The number of ether oxygens (including phenoxy) is 2. The maximum Gasteiger partial charge on any atom is 0.280 e. The van der Waals surface area contributed by atoms with Crippen LogP contribution in [0.25, 0.3) is 11.3 Å². The molecular weight excluding hydrogens is 403 g/mol. The van der Waals surface area contributed by atoms with Crippen molar-refractivity contribution in [2.45, 2.75) is 0 Å². The molecule has 6 nitrogen and oxygen atoms in total. The van der Waals surface area contributed by atoms with Crippen molar-refractivity contribution in [1.29, 1.82) is 0 Å². The van der Waals surface area contributed by atoms with Crippen LogP contribution >= 0.6 is 23.2 Å². The molecule has 0 saturated carbocycles. The first-order valence-corrected chi connectivity index (χ1v) is 8.97. The first kappa shape index (κ1) is 18.4. The van der Waals surface area contributed by atoms with E-state index in [0.29, 0.717) is 38.4 Å². The highest BCUT2D eigenvalue weighted by atomic mass is 35.5. The van der Waals surface area contributed by atoms with Gasteiger partial charge in [0.2, 0.25) is 0 Å². The Morgan fingerprint density at radius 3 is 2.07 bits per heavy atom. The zero-order valence-electron chi connectivity index (χ0n) is 14.8. The molecule has 3 aromatic rings. The van der Waals surface area contributed by atoms with Gasteiger partial charge in [0.1, 0.15) is 11.5 Å². The summed E-state index contributed by atoms with van der Waals surface area (Å²) in [6, 6.07) is 10.2. The Balaban J connectivity index is 1.98. The first-order chi connectivity index (χ1) is 13.5. The van der Waals surface area contributed by atoms with E-state index in [-0.39, 0.29) is 22.7 Å². The lowest BCUT2D eigenvalue weighted by molar-refractivity contribution is 0.101. The van der Waals surface area contributed by atoms with Gasteiger partial charge in [-0.05, 0) is 24.3 Å². The number of hydrogen-bond donors (Lipinski definition) is 2. The summed E-state index contributed by atoms with van der Waals surface area (Å²) in [7, 11) is 2.99. The monoisotopic (exact) mass is 416 g/mol. The lowest BCUT2D eigenvalue weighted by Crippen LogP contribution is -2.04. The quantitative estimate of drug-likeness (QED) is 0.645. The number of amides is 1. The molecule has 28 heavy (non-hydrogen) atoms. The van der Waals surface area contributed by atoms with E-state index in [4.69, 9.17) is 32.7 Å². The number of aromatic nitrogens is 1. The largest absolute Gasteiger partial charge is 0.496 e. The van der Waals surface area contributed by atoms with Crippen molar-refractivity contribution in [3.05, 3.63) is 63.1 Å². The van der Waals surface area contributed by atoms with Gasteiger partial charge in [-0.25, -0.2) is 4.99 Å². The highest BCUT2D eigenvalue weighted by Crippen LogP contribution is 2.45. The average molecular weight is 417 g/mol. The number of nitrogens with zero attached hydrogens (tertiary/aromatic N) is 1. The Labute approximate surface area is 170 Å². The zero-order chi connectivity index (χ0) is 20.0. The molecule has 2 N–H and O–H groups in total. The van der Waals surface area contributed by atoms with E-state index in [9.17, 15) is 9.90 Å². The van der Waals surface area contributed by atoms with Crippen LogP contribution in [0.5, 0.6) is 17.4 Å². The maximum absolute atomic E-state index is 12.8. The second-order valence-corrected chi connectivity index (χ2v) is 6.81. The van der Waals surface area contributed by atoms with Gasteiger partial charge in [-0.2, -0.15) is 0 Å². The number of aromatic hydroxyl groups is 1. The summed E-state index contributed by atoms with van der Waals surface area (Å²) >= 11 is 12.7. The summed E-state index contributed by atoms with van der Waals surface area (Å²) in [6.07, 6.45) is 0. The number of methoxy groups -OCH3 is 2. The molecule has 0 fully saturated rings. The van der Waals surface area contributed by atoms with E-state index in [0.717, 1.165) is 0 Å². The van der Waals surface area contributed by atoms with Crippen LogP contribution in [0.1, 0.15) is 21.5 Å². The molecule has 0 bridgehead atoms. The van der Waals surface area contributed by atoms with Gasteiger partial charge in [-0.15, -0.1) is 0 Å². The molecule has 0 spiro atoms. The van der Waals surface area contributed by atoms with Crippen molar-refractivity contribution in [2.75, 3.05) is 14.2 Å². The molecule has 1 aromatic heterocycles. The second-order valence-electron chi connectivity index (χ2n) is 6.00. The number of carbonyl (C=O) groups is 1. The number of nitrogens with one attached hydrogen (secondary N) is 1. The Morgan fingerprint density at radius 2 is 1.46 bits per heavy atom. The summed E-state index contributed by atoms with van der Waals surface area (Å²) in [4.78, 5) is 19.8. The molecule has 2 aromatic carbocycles. The van der Waals surface area contributed by atoms with Gasteiger partial charge in [0.25, 0.3) is 5.91 Å².